The van der Waals surface area contributed by atoms with Crippen LogP contribution in [0.5, 0.6) is 0 Å². The number of carbonyl (C=O) groups is 1. The number of nitrogens with one attached hydrogen (secondary N) is 1. The molecule has 3 rings (SSSR count). The monoisotopic (exact) mass is 296 g/mol. The Balaban J connectivity index is 2.09. The first kappa shape index (κ1) is 13.8. The van der Waals surface area contributed by atoms with Crippen molar-refractivity contribution >= 4 is 11.7 Å². The van der Waals surface area contributed by atoms with Gasteiger partial charge < -0.3 is 11.1 Å². The molecule has 1 heterocycles. The summed E-state index contributed by atoms with van der Waals surface area (Å²) in [5.74, 6) is -0.337. The Hall–Kier alpha value is -3.15. The number of para-hydroxylation sites is 1. The molecule has 3 N–H and O–H groups in total. The Morgan fingerprint density at radius 2 is 1.77 bits per heavy atom. The number of anilines is 1. The molecule has 0 saturated carbocycles. The number of hydrogen-bond acceptors (Lipinski definition) is 2. The topological polar surface area (TPSA) is 72.9 Å². The van der Waals surface area contributed by atoms with E-state index in [-0.39, 0.29) is 5.82 Å². The molecular weight excluding hydrogens is 283 g/mol. The summed E-state index contributed by atoms with van der Waals surface area (Å²) >= 11 is 0. The maximum atomic E-state index is 13.1. The van der Waals surface area contributed by atoms with E-state index in [1.165, 1.54) is 12.1 Å². The van der Waals surface area contributed by atoms with Crippen LogP contribution >= 0.6 is 0 Å². The zero-order chi connectivity index (χ0) is 15.5. The van der Waals surface area contributed by atoms with Crippen molar-refractivity contribution in [2.24, 2.45) is 5.73 Å². The predicted molar refractivity (Wildman–Crippen MR) is 82.2 cm³/mol. The highest BCUT2D eigenvalue weighted by Crippen LogP contribution is 2.28. The zero-order valence-electron chi connectivity index (χ0n) is 11.5. The lowest BCUT2D eigenvalue weighted by Gasteiger charge is -2.02. The van der Waals surface area contributed by atoms with Crippen molar-refractivity contribution in [1.82, 2.24) is 9.78 Å². The molecule has 0 saturated heterocycles. The highest BCUT2D eigenvalue weighted by atomic mass is 19.1. The number of urea groups is 1. The van der Waals surface area contributed by atoms with E-state index < -0.39 is 6.03 Å². The maximum Gasteiger partial charge on any atom is 0.316 e. The van der Waals surface area contributed by atoms with Gasteiger partial charge in [-0.05, 0) is 36.4 Å². The van der Waals surface area contributed by atoms with Crippen LogP contribution in [0.25, 0.3) is 16.9 Å². The van der Waals surface area contributed by atoms with Crippen LogP contribution in [0.1, 0.15) is 0 Å². The summed E-state index contributed by atoms with van der Waals surface area (Å²) in [5, 5.41) is 7.00. The van der Waals surface area contributed by atoms with Crippen molar-refractivity contribution in [3.63, 3.8) is 0 Å². The Morgan fingerprint density at radius 3 is 2.41 bits per heavy atom. The number of hydrogen-bond donors (Lipinski definition) is 2. The smallest absolute Gasteiger partial charge is 0.316 e. The second-order valence-corrected chi connectivity index (χ2v) is 4.67. The minimum atomic E-state index is -0.684. The second kappa shape index (κ2) is 5.69. The maximum absolute atomic E-state index is 13.1. The third kappa shape index (κ3) is 2.80. The molecule has 0 aliphatic rings. The van der Waals surface area contributed by atoms with Gasteiger partial charge in [-0.1, -0.05) is 18.2 Å². The van der Waals surface area contributed by atoms with Gasteiger partial charge in [0.25, 0.3) is 0 Å². The number of amides is 2. The lowest BCUT2D eigenvalue weighted by atomic mass is 10.1. The van der Waals surface area contributed by atoms with E-state index in [1.54, 1.807) is 23.0 Å². The number of aromatic nitrogens is 2. The van der Waals surface area contributed by atoms with Gasteiger partial charge >= 0.3 is 6.03 Å². The van der Waals surface area contributed by atoms with Crippen molar-refractivity contribution in [2.75, 3.05) is 5.32 Å². The van der Waals surface area contributed by atoms with E-state index in [0.29, 0.717) is 16.9 Å². The van der Waals surface area contributed by atoms with Crippen molar-refractivity contribution in [1.29, 1.82) is 0 Å². The second-order valence-electron chi connectivity index (χ2n) is 4.67. The molecule has 0 bridgehead atoms. The number of carbonyl (C=O) groups excluding carboxylic acids is 1. The molecule has 5 nitrogen and oxygen atoms in total. The number of nitrogens with two attached hydrogens (primary N) is 1. The van der Waals surface area contributed by atoms with Gasteiger partial charge in [-0.25, -0.2) is 13.9 Å². The summed E-state index contributed by atoms with van der Waals surface area (Å²) in [6.45, 7) is 0. The summed E-state index contributed by atoms with van der Waals surface area (Å²) in [7, 11) is 0. The minimum absolute atomic E-state index is 0.337. The molecule has 2 amide bonds. The molecular formula is C16H13FN4O. The zero-order valence-corrected chi connectivity index (χ0v) is 11.5. The van der Waals surface area contributed by atoms with Crippen molar-refractivity contribution < 1.29 is 9.18 Å². The van der Waals surface area contributed by atoms with E-state index in [4.69, 9.17) is 5.73 Å². The van der Waals surface area contributed by atoms with Gasteiger partial charge in [-0.3, -0.25) is 0 Å². The van der Waals surface area contributed by atoms with Crippen LogP contribution in [0.3, 0.4) is 0 Å². The molecule has 110 valence electrons. The van der Waals surface area contributed by atoms with Crippen LogP contribution in [0.4, 0.5) is 14.9 Å². The summed E-state index contributed by atoms with van der Waals surface area (Å²) in [4.78, 5) is 11.2. The average Bonchev–Trinajstić information content (AvgIpc) is 2.92. The molecule has 0 aliphatic heterocycles. The third-order valence-corrected chi connectivity index (χ3v) is 3.11. The van der Waals surface area contributed by atoms with Crippen LogP contribution in [0.2, 0.25) is 0 Å². The van der Waals surface area contributed by atoms with Crippen LogP contribution in [-0.2, 0) is 0 Å². The number of benzene rings is 2. The Bertz CT molecular complexity index is 797. The highest BCUT2D eigenvalue weighted by Gasteiger charge is 2.13. The van der Waals surface area contributed by atoms with Crippen LogP contribution < -0.4 is 11.1 Å². The molecule has 0 fully saturated rings. The molecule has 3 aromatic rings. The molecule has 0 aliphatic carbocycles. The number of primary amides is 1. The lowest BCUT2D eigenvalue weighted by Crippen LogP contribution is -2.19. The van der Waals surface area contributed by atoms with Crippen molar-refractivity contribution in [3.8, 4) is 16.9 Å². The van der Waals surface area contributed by atoms with E-state index >= 15 is 0 Å². The summed E-state index contributed by atoms with van der Waals surface area (Å²) in [6.07, 6.45) is 1.67. The Labute approximate surface area is 126 Å². The van der Waals surface area contributed by atoms with Gasteiger partial charge in [0.15, 0.2) is 0 Å². The molecule has 22 heavy (non-hydrogen) atoms. The summed E-state index contributed by atoms with van der Waals surface area (Å²) in [6, 6.07) is 14.6. The van der Waals surface area contributed by atoms with Gasteiger partial charge in [-0.2, -0.15) is 5.10 Å². The minimum Gasteiger partial charge on any atom is -0.351 e. The van der Waals surface area contributed by atoms with Gasteiger partial charge in [0.2, 0.25) is 0 Å². The fourth-order valence-corrected chi connectivity index (χ4v) is 2.13. The van der Waals surface area contributed by atoms with Crippen LogP contribution in [0.15, 0.2) is 60.8 Å². The predicted octanol–water partition coefficient (Wildman–Crippen LogP) is 3.17. The third-order valence-electron chi connectivity index (χ3n) is 3.11. The van der Waals surface area contributed by atoms with Gasteiger partial charge in [0.05, 0.1) is 17.6 Å². The van der Waals surface area contributed by atoms with Gasteiger partial charge in [0, 0.05) is 5.56 Å². The fourth-order valence-electron chi connectivity index (χ4n) is 2.13. The Morgan fingerprint density at radius 1 is 1.09 bits per heavy atom. The first-order valence-electron chi connectivity index (χ1n) is 6.61. The standard InChI is InChI=1S/C16H13FN4O/c17-12-8-6-11(7-9-12)15-14(19-16(18)22)10-21(20-15)13-4-2-1-3-5-13/h1-10H,(H3,18,19,22). The summed E-state index contributed by atoms with van der Waals surface area (Å²) < 4.78 is 14.7. The average molecular weight is 296 g/mol. The van der Waals surface area contributed by atoms with E-state index in [0.717, 1.165) is 5.69 Å². The van der Waals surface area contributed by atoms with E-state index in [1.807, 2.05) is 30.3 Å². The van der Waals surface area contributed by atoms with Gasteiger partial charge in [-0.15, -0.1) is 0 Å². The quantitative estimate of drug-likeness (QED) is 0.779. The first-order chi connectivity index (χ1) is 10.6. The SMILES string of the molecule is NC(=O)Nc1cn(-c2ccccc2)nc1-c1ccc(F)cc1. The van der Waals surface area contributed by atoms with Crippen molar-refractivity contribution in [2.45, 2.75) is 0 Å². The lowest BCUT2D eigenvalue weighted by molar-refractivity contribution is 0.259. The number of rotatable bonds is 3. The van der Waals surface area contributed by atoms with E-state index in [9.17, 15) is 9.18 Å². The first-order valence-corrected chi connectivity index (χ1v) is 6.61. The van der Waals surface area contributed by atoms with Crippen molar-refractivity contribution in [3.05, 3.63) is 66.6 Å². The molecule has 0 spiro atoms. The van der Waals surface area contributed by atoms with E-state index in [2.05, 4.69) is 10.4 Å². The normalized spacial score (nSPS) is 10.4. The fraction of sp³-hybridized carbons (Fsp3) is 0. The highest BCUT2D eigenvalue weighted by molar-refractivity contribution is 5.92. The van der Waals surface area contributed by atoms with Crippen LogP contribution in [0, 0.1) is 5.82 Å². The number of nitrogens with zero attached hydrogens (tertiary/aromatic N) is 2. The molecule has 6 heteroatoms. The van der Waals surface area contributed by atoms with Crippen LogP contribution in [-0.4, -0.2) is 15.8 Å². The largest absolute Gasteiger partial charge is 0.351 e. The number of halogens is 1. The summed E-state index contributed by atoms with van der Waals surface area (Å²) in [5.41, 5.74) is 7.69. The molecule has 0 atom stereocenters. The molecule has 0 radical (unpaired) electrons. The molecule has 0 unspecified atom stereocenters. The Kier molecular flexibility index (Phi) is 3.57. The molecule has 2 aromatic carbocycles. The van der Waals surface area contributed by atoms with Gasteiger partial charge in [0.1, 0.15) is 11.5 Å². The molecule has 1 aromatic heterocycles.